The zero-order chi connectivity index (χ0) is 25.4. The summed E-state index contributed by atoms with van der Waals surface area (Å²) in [7, 11) is 1.78. The number of hydrogen-bond acceptors (Lipinski definition) is 7. The number of nitrogens with one attached hydrogen (secondary N) is 1. The molecule has 1 aliphatic heterocycles. The van der Waals surface area contributed by atoms with E-state index in [2.05, 4.69) is 25.3 Å². The first-order chi connectivity index (χ1) is 17.3. The normalized spacial score (nSPS) is 19.8. The van der Waals surface area contributed by atoms with Crippen LogP contribution in [0.25, 0.3) is 0 Å². The van der Waals surface area contributed by atoms with Gasteiger partial charge in [0, 0.05) is 38.3 Å². The Kier molecular flexibility index (Phi) is 6.42. The highest BCUT2D eigenvalue weighted by atomic mass is 19.1. The number of anilines is 3. The molecule has 10 heteroatoms. The van der Waals surface area contributed by atoms with E-state index in [1.165, 1.54) is 12.3 Å². The number of hydrogen-bond donors (Lipinski definition) is 2. The third-order valence-electron chi connectivity index (χ3n) is 7.19. The third kappa shape index (κ3) is 4.93. The van der Waals surface area contributed by atoms with Gasteiger partial charge in [0.2, 0.25) is 0 Å². The molecular formula is C26H30FN7O2. The summed E-state index contributed by atoms with van der Waals surface area (Å²) in [6.45, 7) is 2.77. The molecule has 2 aromatic heterocycles. The van der Waals surface area contributed by atoms with Crippen molar-refractivity contribution >= 4 is 29.1 Å². The summed E-state index contributed by atoms with van der Waals surface area (Å²) in [4.78, 5) is 36.0. The van der Waals surface area contributed by atoms with E-state index in [0.29, 0.717) is 17.6 Å². The molecule has 0 radical (unpaired) electrons. The smallest absolute Gasteiger partial charge is 0.271 e. The largest absolute Gasteiger partial charge is 0.364 e. The summed E-state index contributed by atoms with van der Waals surface area (Å²) in [5, 5.41) is 7.29. The lowest BCUT2D eigenvalue weighted by atomic mass is 9.84. The van der Waals surface area contributed by atoms with Gasteiger partial charge < -0.3 is 16.0 Å². The summed E-state index contributed by atoms with van der Waals surface area (Å²) in [5.41, 5.74) is 6.68. The van der Waals surface area contributed by atoms with Gasteiger partial charge in [-0.2, -0.15) is 5.10 Å². The fourth-order valence-electron chi connectivity index (χ4n) is 4.98. The van der Waals surface area contributed by atoms with Crippen molar-refractivity contribution in [1.82, 2.24) is 19.7 Å². The highest BCUT2D eigenvalue weighted by Gasteiger charge is 2.32. The second-order valence-electron chi connectivity index (χ2n) is 9.77. The quantitative estimate of drug-likeness (QED) is 0.458. The highest BCUT2D eigenvalue weighted by Crippen LogP contribution is 2.40. The number of rotatable bonds is 8. The van der Waals surface area contributed by atoms with Gasteiger partial charge in [-0.25, -0.2) is 14.4 Å². The number of amides is 1. The zero-order valence-corrected chi connectivity index (χ0v) is 20.4. The molecule has 2 atom stereocenters. The molecular weight excluding hydrogens is 461 g/mol. The van der Waals surface area contributed by atoms with Gasteiger partial charge in [0.1, 0.15) is 11.6 Å². The molecule has 2 aliphatic rings. The Morgan fingerprint density at radius 3 is 2.69 bits per heavy atom. The summed E-state index contributed by atoms with van der Waals surface area (Å²) in [6.07, 6.45) is 7.43. The van der Waals surface area contributed by atoms with Crippen molar-refractivity contribution in [2.75, 3.05) is 16.8 Å². The molecule has 1 aromatic carbocycles. The molecule has 36 heavy (non-hydrogen) atoms. The Labute approximate surface area is 208 Å². The van der Waals surface area contributed by atoms with E-state index in [4.69, 9.17) is 5.73 Å². The summed E-state index contributed by atoms with van der Waals surface area (Å²) in [5.74, 6) is 0.469. The number of piperidine rings is 1. The number of nitrogens with two attached hydrogens (primary N) is 1. The maximum atomic E-state index is 14.7. The number of nitrogens with zero attached hydrogens (tertiary/aromatic N) is 5. The minimum absolute atomic E-state index is 0.0194. The van der Waals surface area contributed by atoms with Crippen LogP contribution in [0.5, 0.6) is 0 Å². The number of carbonyl (C=O) groups is 2. The molecule has 1 saturated carbocycles. The number of carbonyl (C=O) groups excluding carboxylic acids is 2. The van der Waals surface area contributed by atoms with Gasteiger partial charge in [-0.05, 0) is 62.1 Å². The second kappa shape index (κ2) is 9.67. The van der Waals surface area contributed by atoms with E-state index in [1.807, 2.05) is 13.0 Å². The van der Waals surface area contributed by atoms with Gasteiger partial charge >= 0.3 is 0 Å². The second-order valence-corrected chi connectivity index (χ2v) is 9.77. The Balaban J connectivity index is 1.34. The number of halogens is 1. The minimum atomic E-state index is -0.697. The highest BCUT2D eigenvalue weighted by molar-refractivity contribution is 5.97. The van der Waals surface area contributed by atoms with Gasteiger partial charge in [-0.1, -0.05) is 6.07 Å². The standard InChI is InChI=1S/C26H30FN7O2/c1-15-17(13-21(35)19-8-7-18(12-20(19)27)16-5-6-16)4-3-10-34(15)23-14-29-24(25(28)36)26(31-23)30-22-9-11-33(2)32-22/h7-9,11-12,14-17H,3-6,10,13H2,1-2H3,(H2,28,36)(H,30,31,32)/t15-,17+/m1/s1. The van der Waals surface area contributed by atoms with Crippen molar-refractivity contribution in [1.29, 1.82) is 0 Å². The van der Waals surface area contributed by atoms with Crippen LogP contribution in [-0.4, -0.2) is 44.0 Å². The Morgan fingerprint density at radius 1 is 1.22 bits per heavy atom. The van der Waals surface area contributed by atoms with E-state index in [9.17, 15) is 14.0 Å². The van der Waals surface area contributed by atoms with Crippen LogP contribution in [0.3, 0.4) is 0 Å². The summed E-state index contributed by atoms with van der Waals surface area (Å²) in [6, 6.07) is 6.76. The van der Waals surface area contributed by atoms with Crippen molar-refractivity contribution < 1.29 is 14.0 Å². The lowest BCUT2D eigenvalue weighted by molar-refractivity contribution is 0.0940. The lowest BCUT2D eigenvalue weighted by Crippen LogP contribution is -2.44. The first kappa shape index (κ1) is 23.9. The molecule has 5 rings (SSSR count). The zero-order valence-electron chi connectivity index (χ0n) is 20.4. The molecule has 3 heterocycles. The van der Waals surface area contributed by atoms with E-state index in [0.717, 1.165) is 37.8 Å². The maximum Gasteiger partial charge on any atom is 0.271 e. The van der Waals surface area contributed by atoms with Crippen LogP contribution in [0.1, 0.15) is 71.4 Å². The topological polar surface area (TPSA) is 119 Å². The number of primary amides is 1. The average Bonchev–Trinajstić information content (AvgIpc) is 3.62. The Morgan fingerprint density at radius 2 is 2.03 bits per heavy atom. The van der Waals surface area contributed by atoms with Crippen molar-refractivity contribution in [3.05, 3.63) is 59.3 Å². The number of ketones is 1. The van der Waals surface area contributed by atoms with Crippen LogP contribution in [0.2, 0.25) is 0 Å². The molecule has 2 fully saturated rings. The van der Waals surface area contributed by atoms with Gasteiger partial charge in [-0.15, -0.1) is 0 Å². The van der Waals surface area contributed by atoms with E-state index in [-0.39, 0.29) is 41.2 Å². The van der Waals surface area contributed by atoms with Crippen LogP contribution < -0.4 is 16.0 Å². The Hall–Kier alpha value is -3.82. The molecule has 0 bridgehead atoms. The van der Waals surface area contributed by atoms with Crippen molar-refractivity contribution in [3.63, 3.8) is 0 Å². The molecule has 188 valence electrons. The first-order valence-corrected chi connectivity index (χ1v) is 12.3. The molecule has 3 aromatic rings. The van der Waals surface area contributed by atoms with Gasteiger partial charge in [0.25, 0.3) is 5.91 Å². The number of Topliss-reactive ketones (excluding diaryl/α,β-unsaturated/α-hetero) is 1. The van der Waals surface area contributed by atoms with Crippen molar-refractivity contribution in [3.8, 4) is 0 Å². The molecule has 1 amide bonds. The number of benzene rings is 1. The van der Waals surface area contributed by atoms with Crippen LogP contribution >= 0.6 is 0 Å². The molecule has 3 N–H and O–H groups in total. The molecule has 9 nitrogen and oxygen atoms in total. The maximum absolute atomic E-state index is 14.7. The fraction of sp³-hybridized carbons (Fsp3) is 0.423. The van der Waals surface area contributed by atoms with Crippen molar-refractivity contribution in [2.24, 2.45) is 18.7 Å². The van der Waals surface area contributed by atoms with Gasteiger partial charge in [0.05, 0.1) is 11.8 Å². The first-order valence-electron chi connectivity index (χ1n) is 12.3. The van der Waals surface area contributed by atoms with E-state index < -0.39 is 11.7 Å². The van der Waals surface area contributed by atoms with E-state index >= 15 is 0 Å². The summed E-state index contributed by atoms with van der Waals surface area (Å²) >= 11 is 0. The van der Waals surface area contributed by atoms with Gasteiger partial charge in [0.15, 0.2) is 23.1 Å². The van der Waals surface area contributed by atoms with Crippen molar-refractivity contribution in [2.45, 2.75) is 51.0 Å². The van der Waals surface area contributed by atoms with Crippen LogP contribution in [0.15, 0.2) is 36.7 Å². The SMILES string of the molecule is C[C@@H]1[C@H](CC(=O)c2ccc(C3CC3)cc2F)CCCN1c1cnc(C(N)=O)c(Nc2ccn(C)n2)n1. The predicted octanol–water partition coefficient (Wildman–Crippen LogP) is 3.95. The van der Waals surface area contributed by atoms with E-state index in [1.54, 1.807) is 30.1 Å². The monoisotopic (exact) mass is 491 g/mol. The average molecular weight is 492 g/mol. The number of aromatic nitrogens is 4. The fourth-order valence-corrected chi connectivity index (χ4v) is 4.98. The molecule has 1 aliphatic carbocycles. The molecule has 0 unspecified atom stereocenters. The lowest BCUT2D eigenvalue weighted by Gasteiger charge is -2.40. The Bertz CT molecular complexity index is 1300. The van der Waals surface area contributed by atoms with Gasteiger partial charge in [-0.3, -0.25) is 14.3 Å². The molecule has 1 saturated heterocycles. The van der Waals surface area contributed by atoms with Crippen LogP contribution in [0.4, 0.5) is 21.8 Å². The third-order valence-corrected chi connectivity index (χ3v) is 7.19. The van der Waals surface area contributed by atoms with Crippen LogP contribution in [-0.2, 0) is 7.05 Å². The molecule has 0 spiro atoms. The number of aryl methyl sites for hydroxylation is 1. The predicted molar refractivity (Wildman–Crippen MR) is 134 cm³/mol. The van der Waals surface area contributed by atoms with Crippen LogP contribution in [0, 0.1) is 11.7 Å². The minimum Gasteiger partial charge on any atom is -0.364 e. The summed E-state index contributed by atoms with van der Waals surface area (Å²) < 4.78 is 16.3.